The topological polar surface area (TPSA) is 34.1 Å². The van der Waals surface area contributed by atoms with Crippen molar-refractivity contribution in [1.82, 2.24) is 4.98 Å². The highest BCUT2D eigenvalue weighted by atomic mass is 16.5. The monoisotopic (exact) mass is 278 g/mol. The van der Waals surface area contributed by atoms with Gasteiger partial charge >= 0.3 is 0 Å². The van der Waals surface area contributed by atoms with Gasteiger partial charge in [0.1, 0.15) is 17.9 Å². The van der Waals surface area contributed by atoms with Gasteiger partial charge in [-0.05, 0) is 31.2 Å². The Hall–Kier alpha value is -2.55. The van der Waals surface area contributed by atoms with Crippen molar-refractivity contribution >= 4 is 16.6 Å². The lowest BCUT2D eigenvalue weighted by atomic mass is 10.2. The Labute approximate surface area is 124 Å². The number of hydrogen-bond donors (Lipinski definition) is 1. The number of nitrogens with zero attached hydrogens (tertiary/aromatic N) is 1. The molecule has 0 saturated heterocycles. The second-order valence-electron chi connectivity index (χ2n) is 4.92. The van der Waals surface area contributed by atoms with E-state index in [1.54, 1.807) is 0 Å². The molecule has 0 radical (unpaired) electrons. The smallest absolute Gasteiger partial charge is 0.145 e. The van der Waals surface area contributed by atoms with Crippen LogP contribution < -0.4 is 10.1 Å². The Morgan fingerprint density at radius 1 is 0.952 bits per heavy atom. The SMILES string of the molecule is Cc1ccc2cccc(OCCNc3ccccc3)c2n1. The van der Waals surface area contributed by atoms with Gasteiger partial charge in [-0.1, -0.05) is 36.4 Å². The van der Waals surface area contributed by atoms with Crippen LogP contribution in [0.3, 0.4) is 0 Å². The number of rotatable bonds is 5. The molecule has 21 heavy (non-hydrogen) atoms. The largest absolute Gasteiger partial charge is 0.489 e. The second-order valence-corrected chi connectivity index (χ2v) is 4.92. The van der Waals surface area contributed by atoms with Crippen molar-refractivity contribution in [2.45, 2.75) is 6.92 Å². The normalized spacial score (nSPS) is 10.5. The van der Waals surface area contributed by atoms with Crippen LogP contribution in [0.5, 0.6) is 5.75 Å². The molecule has 0 aliphatic carbocycles. The summed E-state index contributed by atoms with van der Waals surface area (Å²) in [6, 6.07) is 20.2. The van der Waals surface area contributed by atoms with Gasteiger partial charge in [0.05, 0.1) is 0 Å². The number of ether oxygens (including phenoxy) is 1. The lowest BCUT2D eigenvalue weighted by Crippen LogP contribution is -2.11. The molecule has 0 fully saturated rings. The van der Waals surface area contributed by atoms with Gasteiger partial charge in [0.2, 0.25) is 0 Å². The standard InChI is InChI=1S/C18H18N2O/c1-14-10-11-15-6-5-9-17(18(15)20-14)21-13-12-19-16-7-3-2-4-8-16/h2-11,19H,12-13H2,1H3. The van der Waals surface area contributed by atoms with Crippen LogP contribution in [0, 0.1) is 6.92 Å². The van der Waals surface area contributed by atoms with E-state index in [4.69, 9.17) is 4.74 Å². The number of nitrogens with one attached hydrogen (secondary N) is 1. The summed E-state index contributed by atoms with van der Waals surface area (Å²) in [6.07, 6.45) is 0. The molecular weight excluding hydrogens is 260 g/mol. The van der Waals surface area contributed by atoms with Crippen LogP contribution in [-0.2, 0) is 0 Å². The highest BCUT2D eigenvalue weighted by Crippen LogP contribution is 2.23. The highest BCUT2D eigenvalue weighted by molar-refractivity contribution is 5.84. The van der Waals surface area contributed by atoms with Gasteiger partial charge in [0, 0.05) is 23.3 Å². The van der Waals surface area contributed by atoms with E-state index in [1.807, 2.05) is 55.5 Å². The summed E-state index contributed by atoms with van der Waals surface area (Å²) in [7, 11) is 0. The fourth-order valence-electron chi connectivity index (χ4n) is 2.25. The Balaban J connectivity index is 1.64. The molecule has 0 amide bonds. The van der Waals surface area contributed by atoms with Gasteiger partial charge in [-0.15, -0.1) is 0 Å². The summed E-state index contributed by atoms with van der Waals surface area (Å²) in [6.45, 7) is 3.35. The van der Waals surface area contributed by atoms with Crippen molar-refractivity contribution in [3.63, 3.8) is 0 Å². The lowest BCUT2D eigenvalue weighted by molar-refractivity contribution is 0.336. The maximum atomic E-state index is 5.87. The minimum atomic E-state index is 0.601. The molecular formula is C18H18N2O. The fourth-order valence-corrected chi connectivity index (χ4v) is 2.25. The third-order valence-corrected chi connectivity index (χ3v) is 3.29. The Kier molecular flexibility index (Phi) is 4.01. The van der Waals surface area contributed by atoms with Crippen molar-refractivity contribution in [3.8, 4) is 5.75 Å². The van der Waals surface area contributed by atoms with Crippen LogP contribution in [0.15, 0.2) is 60.7 Å². The average Bonchev–Trinajstić information content (AvgIpc) is 2.53. The molecule has 1 heterocycles. The lowest BCUT2D eigenvalue weighted by Gasteiger charge is -2.10. The van der Waals surface area contributed by atoms with E-state index in [1.165, 1.54) is 0 Å². The summed E-state index contributed by atoms with van der Waals surface area (Å²) >= 11 is 0. The van der Waals surface area contributed by atoms with E-state index >= 15 is 0 Å². The van der Waals surface area contributed by atoms with E-state index in [0.717, 1.165) is 34.6 Å². The third-order valence-electron chi connectivity index (χ3n) is 3.29. The first kappa shape index (κ1) is 13.4. The summed E-state index contributed by atoms with van der Waals surface area (Å²) in [5.74, 6) is 0.839. The molecule has 1 aromatic heterocycles. The zero-order chi connectivity index (χ0) is 14.5. The molecule has 106 valence electrons. The zero-order valence-corrected chi connectivity index (χ0v) is 12.0. The Morgan fingerprint density at radius 3 is 2.67 bits per heavy atom. The number of aryl methyl sites for hydroxylation is 1. The van der Waals surface area contributed by atoms with Crippen molar-refractivity contribution in [1.29, 1.82) is 0 Å². The van der Waals surface area contributed by atoms with Crippen LogP contribution in [0.2, 0.25) is 0 Å². The van der Waals surface area contributed by atoms with E-state index < -0.39 is 0 Å². The molecule has 0 aliphatic heterocycles. The number of anilines is 1. The fraction of sp³-hybridized carbons (Fsp3) is 0.167. The van der Waals surface area contributed by atoms with Gasteiger partial charge in [-0.2, -0.15) is 0 Å². The number of pyridine rings is 1. The summed E-state index contributed by atoms with van der Waals surface area (Å²) < 4.78 is 5.87. The number of hydrogen-bond acceptors (Lipinski definition) is 3. The third kappa shape index (κ3) is 3.31. The number of aromatic nitrogens is 1. The van der Waals surface area contributed by atoms with Crippen molar-refractivity contribution < 1.29 is 4.74 Å². The van der Waals surface area contributed by atoms with Crippen LogP contribution in [0.4, 0.5) is 5.69 Å². The van der Waals surface area contributed by atoms with Crippen LogP contribution in [-0.4, -0.2) is 18.1 Å². The molecule has 0 spiro atoms. The predicted molar refractivity (Wildman–Crippen MR) is 86.9 cm³/mol. The van der Waals surface area contributed by atoms with Gasteiger partial charge in [-0.3, -0.25) is 0 Å². The second kappa shape index (κ2) is 6.27. The average molecular weight is 278 g/mol. The minimum Gasteiger partial charge on any atom is -0.489 e. The number of benzene rings is 2. The molecule has 3 nitrogen and oxygen atoms in total. The van der Waals surface area contributed by atoms with Gasteiger partial charge in [0.15, 0.2) is 0 Å². The van der Waals surface area contributed by atoms with Crippen molar-refractivity contribution in [3.05, 3.63) is 66.4 Å². The van der Waals surface area contributed by atoms with E-state index in [9.17, 15) is 0 Å². The molecule has 0 saturated carbocycles. The van der Waals surface area contributed by atoms with Gasteiger partial charge in [-0.25, -0.2) is 4.98 Å². The number of fused-ring (bicyclic) bond motifs is 1. The molecule has 0 unspecified atom stereocenters. The maximum Gasteiger partial charge on any atom is 0.145 e. The molecule has 0 atom stereocenters. The quantitative estimate of drug-likeness (QED) is 0.715. The first-order chi connectivity index (χ1) is 10.3. The summed E-state index contributed by atoms with van der Waals surface area (Å²) in [4.78, 5) is 4.57. The molecule has 1 N–H and O–H groups in total. The number of para-hydroxylation sites is 2. The minimum absolute atomic E-state index is 0.601. The molecule has 3 rings (SSSR count). The first-order valence-electron chi connectivity index (χ1n) is 7.11. The van der Waals surface area contributed by atoms with E-state index in [2.05, 4.69) is 22.4 Å². The maximum absolute atomic E-state index is 5.87. The molecule has 3 heteroatoms. The predicted octanol–water partition coefficient (Wildman–Crippen LogP) is 4.03. The Morgan fingerprint density at radius 2 is 1.81 bits per heavy atom. The summed E-state index contributed by atoms with van der Waals surface area (Å²) in [5.41, 5.74) is 3.03. The molecule has 3 aromatic rings. The molecule has 0 aliphatic rings. The van der Waals surface area contributed by atoms with Gasteiger partial charge < -0.3 is 10.1 Å². The van der Waals surface area contributed by atoms with Crippen LogP contribution in [0.25, 0.3) is 10.9 Å². The van der Waals surface area contributed by atoms with Crippen LogP contribution >= 0.6 is 0 Å². The first-order valence-corrected chi connectivity index (χ1v) is 7.11. The summed E-state index contributed by atoms with van der Waals surface area (Å²) in [5, 5.41) is 4.43. The highest BCUT2D eigenvalue weighted by Gasteiger charge is 2.03. The zero-order valence-electron chi connectivity index (χ0n) is 12.0. The Bertz CT molecular complexity index is 726. The van der Waals surface area contributed by atoms with E-state index in [0.29, 0.717) is 6.61 Å². The van der Waals surface area contributed by atoms with Gasteiger partial charge in [0.25, 0.3) is 0 Å². The van der Waals surface area contributed by atoms with Crippen molar-refractivity contribution in [2.24, 2.45) is 0 Å². The molecule has 2 aromatic carbocycles. The molecule has 0 bridgehead atoms. The van der Waals surface area contributed by atoms with Crippen molar-refractivity contribution in [2.75, 3.05) is 18.5 Å². The van der Waals surface area contributed by atoms with E-state index in [-0.39, 0.29) is 0 Å². The van der Waals surface area contributed by atoms with Crippen LogP contribution in [0.1, 0.15) is 5.69 Å².